The van der Waals surface area contributed by atoms with Crippen molar-refractivity contribution in [1.29, 1.82) is 0 Å². The van der Waals surface area contributed by atoms with Crippen LogP contribution in [0.5, 0.6) is 0 Å². The molecule has 118 valence electrons. The second kappa shape index (κ2) is 7.40. The van der Waals surface area contributed by atoms with Gasteiger partial charge in [0.15, 0.2) is 0 Å². The number of rotatable bonds is 4. The van der Waals surface area contributed by atoms with Crippen LogP contribution in [0.1, 0.15) is 19.3 Å². The Kier molecular flexibility index (Phi) is 5.55. The van der Waals surface area contributed by atoms with Crippen LogP contribution >= 0.6 is 0 Å². The van der Waals surface area contributed by atoms with E-state index in [0.29, 0.717) is 32.5 Å². The summed E-state index contributed by atoms with van der Waals surface area (Å²) < 4.78 is 5.00. The maximum atomic E-state index is 11.9. The van der Waals surface area contributed by atoms with E-state index >= 15 is 0 Å². The highest BCUT2D eigenvalue weighted by Crippen LogP contribution is 2.09. The Morgan fingerprint density at radius 1 is 1.14 bits per heavy atom. The molecule has 0 radical (unpaired) electrons. The second-order valence-corrected chi connectivity index (χ2v) is 5.57. The van der Waals surface area contributed by atoms with Crippen LogP contribution in [-0.2, 0) is 19.1 Å². The van der Waals surface area contributed by atoms with Gasteiger partial charge >= 0.3 is 11.9 Å². The van der Waals surface area contributed by atoms with E-state index in [1.165, 1.54) is 4.90 Å². The van der Waals surface area contributed by atoms with Gasteiger partial charge in [-0.05, 0) is 19.9 Å². The fraction of sp³-hybridized carbons (Fsp3) is 0.786. The number of ether oxygens (including phenoxy) is 1. The largest absolute Gasteiger partial charge is 0.458 e. The van der Waals surface area contributed by atoms with Gasteiger partial charge < -0.3 is 19.4 Å². The maximum Gasteiger partial charge on any atom is 0.397 e. The average Bonchev–Trinajstić information content (AvgIpc) is 2.89. The SMILES string of the molecule is CN1CCN(C(=O)C(=O)OCCCN2CCCC2=O)CC1. The van der Waals surface area contributed by atoms with Crippen molar-refractivity contribution in [2.75, 3.05) is 52.9 Å². The van der Waals surface area contributed by atoms with Gasteiger partial charge in [-0.1, -0.05) is 0 Å². The normalized spacial score (nSPS) is 20.0. The molecule has 2 aliphatic rings. The first-order valence-corrected chi connectivity index (χ1v) is 7.50. The smallest absolute Gasteiger partial charge is 0.397 e. The summed E-state index contributed by atoms with van der Waals surface area (Å²) in [6, 6.07) is 0. The molecule has 0 bridgehead atoms. The number of carbonyl (C=O) groups excluding carboxylic acids is 3. The minimum atomic E-state index is -0.785. The lowest BCUT2D eigenvalue weighted by molar-refractivity contribution is -0.161. The van der Waals surface area contributed by atoms with Gasteiger partial charge in [0.1, 0.15) is 0 Å². The fourth-order valence-corrected chi connectivity index (χ4v) is 2.56. The molecular formula is C14H23N3O4. The Bertz CT molecular complexity index is 405. The lowest BCUT2D eigenvalue weighted by Gasteiger charge is -2.31. The van der Waals surface area contributed by atoms with Gasteiger partial charge in [-0.2, -0.15) is 0 Å². The van der Waals surface area contributed by atoms with Crippen LogP contribution in [0, 0.1) is 0 Å². The summed E-state index contributed by atoms with van der Waals surface area (Å²) in [6.07, 6.45) is 2.09. The summed E-state index contributed by atoms with van der Waals surface area (Å²) >= 11 is 0. The van der Waals surface area contributed by atoms with Crippen molar-refractivity contribution in [3.8, 4) is 0 Å². The molecule has 7 nitrogen and oxygen atoms in total. The molecule has 0 saturated carbocycles. The summed E-state index contributed by atoms with van der Waals surface area (Å²) in [5, 5.41) is 0. The monoisotopic (exact) mass is 297 g/mol. The summed E-state index contributed by atoms with van der Waals surface area (Å²) in [4.78, 5) is 40.4. The molecule has 0 aromatic rings. The fourth-order valence-electron chi connectivity index (χ4n) is 2.56. The number of carbonyl (C=O) groups is 3. The Morgan fingerprint density at radius 2 is 1.86 bits per heavy atom. The number of likely N-dealkylation sites (tertiary alicyclic amines) is 1. The molecule has 0 unspecified atom stereocenters. The maximum absolute atomic E-state index is 11.9. The quantitative estimate of drug-likeness (QED) is 0.390. The van der Waals surface area contributed by atoms with E-state index in [4.69, 9.17) is 4.74 Å². The van der Waals surface area contributed by atoms with E-state index in [2.05, 4.69) is 4.90 Å². The number of likely N-dealkylation sites (N-methyl/N-ethyl adjacent to an activating group) is 1. The number of piperazine rings is 1. The topological polar surface area (TPSA) is 70.2 Å². The second-order valence-electron chi connectivity index (χ2n) is 5.57. The molecule has 2 saturated heterocycles. The van der Waals surface area contributed by atoms with E-state index < -0.39 is 11.9 Å². The van der Waals surface area contributed by atoms with E-state index in [0.717, 1.165) is 26.1 Å². The minimum Gasteiger partial charge on any atom is -0.458 e. The predicted octanol–water partition coefficient (Wildman–Crippen LogP) is -0.684. The lowest BCUT2D eigenvalue weighted by Crippen LogP contribution is -2.49. The molecule has 2 heterocycles. The van der Waals surface area contributed by atoms with Crippen molar-refractivity contribution in [2.45, 2.75) is 19.3 Å². The zero-order valence-electron chi connectivity index (χ0n) is 12.5. The Balaban J connectivity index is 1.62. The summed E-state index contributed by atoms with van der Waals surface area (Å²) in [7, 11) is 1.99. The number of hydrogen-bond donors (Lipinski definition) is 0. The molecule has 0 aliphatic carbocycles. The van der Waals surface area contributed by atoms with Crippen LogP contribution < -0.4 is 0 Å². The van der Waals surface area contributed by atoms with E-state index in [1.807, 2.05) is 7.05 Å². The lowest BCUT2D eigenvalue weighted by atomic mass is 10.3. The van der Waals surface area contributed by atoms with Crippen LogP contribution in [-0.4, -0.2) is 85.4 Å². The molecule has 21 heavy (non-hydrogen) atoms. The van der Waals surface area contributed by atoms with Gasteiger partial charge in [-0.15, -0.1) is 0 Å². The van der Waals surface area contributed by atoms with Crippen LogP contribution in [0.15, 0.2) is 0 Å². The summed E-state index contributed by atoms with van der Waals surface area (Å²) in [6.45, 7) is 4.23. The molecule has 2 amide bonds. The first kappa shape index (κ1) is 15.8. The average molecular weight is 297 g/mol. The molecule has 2 aliphatic heterocycles. The zero-order valence-corrected chi connectivity index (χ0v) is 12.5. The van der Waals surface area contributed by atoms with Gasteiger partial charge in [0.05, 0.1) is 6.61 Å². The molecular weight excluding hydrogens is 274 g/mol. The molecule has 0 N–H and O–H groups in total. The van der Waals surface area contributed by atoms with Crippen molar-refractivity contribution in [3.05, 3.63) is 0 Å². The number of amides is 2. The number of nitrogens with zero attached hydrogens (tertiary/aromatic N) is 3. The highest BCUT2D eigenvalue weighted by Gasteiger charge is 2.26. The van der Waals surface area contributed by atoms with E-state index in [-0.39, 0.29) is 12.5 Å². The summed E-state index contributed by atoms with van der Waals surface area (Å²) in [5.74, 6) is -1.18. The van der Waals surface area contributed by atoms with Gasteiger partial charge in [-0.25, -0.2) is 4.79 Å². The molecule has 0 spiro atoms. The highest BCUT2D eigenvalue weighted by atomic mass is 16.5. The Hall–Kier alpha value is -1.63. The van der Waals surface area contributed by atoms with Crippen molar-refractivity contribution >= 4 is 17.8 Å². The van der Waals surface area contributed by atoms with Gasteiger partial charge in [0.25, 0.3) is 0 Å². The number of hydrogen-bond acceptors (Lipinski definition) is 5. The van der Waals surface area contributed by atoms with Crippen LogP contribution in [0.3, 0.4) is 0 Å². The Labute approximate surface area is 124 Å². The third kappa shape index (κ3) is 4.42. The van der Waals surface area contributed by atoms with Gasteiger partial charge in [-0.3, -0.25) is 9.59 Å². The standard InChI is InChI=1S/C14H23N3O4/c1-15-7-9-17(10-8-15)13(19)14(20)21-11-3-6-16-5-2-4-12(16)18/h2-11H2,1H3. The molecule has 0 atom stereocenters. The first-order valence-electron chi connectivity index (χ1n) is 7.50. The van der Waals surface area contributed by atoms with Crippen molar-refractivity contribution < 1.29 is 19.1 Å². The summed E-state index contributed by atoms with van der Waals surface area (Å²) in [5.41, 5.74) is 0. The Morgan fingerprint density at radius 3 is 2.48 bits per heavy atom. The van der Waals surface area contributed by atoms with Crippen LogP contribution in [0.4, 0.5) is 0 Å². The van der Waals surface area contributed by atoms with E-state index in [1.54, 1.807) is 4.90 Å². The molecule has 2 fully saturated rings. The molecule has 0 aromatic carbocycles. The molecule has 2 rings (SSSR count). The van der Waals surface area contributed by atoms with Crippen LogP contribution in [0.25, 0.3) is 0 Å². The first-order chi connectivity index (χ1) is 10.1. The predicted molar refractivity (Wildman–Crippen MR) is 75.5 cm³/mol. The molecule has 0 aromatic heterocycles. The van der Waals surface area contributed by atoms with E-state index in [9.17, 15) is 14.4 Å². The highest BCUT2D eigenvalue weighted by molar-refractivity contribution is 6.32. The van der Waals surface area contributed by atoms with Crippen molar-refractivity contribution in [1.82, 2.24) is 14.7 Å². The van der Waals surface area contributed by atoms with Crippen LogP contribution in [0.2, 0.25) is 0 Å². The number of esters is 1. The zero-order chi connectivity index (χ0) is 15.2. The van der Waals surface area contributed by atoms with Gasteiger partial charge in [0.2, 0.25) is 5.91 Å². The third-order valence-corrected chi connectivity index (χ3v) is 3.94. The van der Waals surface area contributed by atoms with Crippen molar-refractivity contribution in [2.24, 2.45) is 0 Å². The minimum absolute atomic E-state index is 0.162. The van der Waals surface area contributed by atoms with Gasteiger partial charge in [0, 0.05) is 45.7 Å². The third-order valence-electron chi connectivity index (χ3n) is 3.94. The van der Waals surface area contributed by atoms with Crippen molar-refractivity contribution in [3.63, 3.8) is 0 Å². The molecule has 7 heteroatoms.